The quantitative estimate of drug-likeness (QED) is 0.686. The van der Waals surface area contributed by atoms with Crippen molar-refractivity contribution in [1.29, 1.82) is 0 Å². The van der Waals surface area contributed by atoms with Crippen molar-refractivity contribution in [1.82, 2.24) is 0 Å². The highest BCUT2D eigenvalue weighted by atomic mass is 79.9. The van der Waals surface area contributed by atoms with E-state index in [-0.39, 0.29) is 17.5 Å². The number of alkyl halides is 4. The van der Waals surface area contributed by atoms with Crippen molar-refractivity contribution in [2.45, 2.75) is 42.4 Å². The second kappa shape index (κ2) is 5.64. The molecule has 84 valence electrons. The second-order valence-corrected chi connectivity index (χ2v) is 6.17. The fourth-order valence-electron chi connectivity index (χ4n) is 1.83. The summed E-state index contributed by atoms with van der Waals surface area (Å²) in [5, 5.41) is 0. The monoisotopic (exact) mass is 290 g/mol. The maximum Gasteiger partial charge on any atom is 0.441 e. The lowest BCUT2D eigenvalue weighted by Crippen LogP contribution is -2.16. The number of rotatable bonds is 3. The maximum atomic E-state index is 11.8. The average Bonchev–Trinajstić information content (AvgIpc) is 2.01. The molecule has 1 aliphatic rings. The first kappa shape index (κ1) is 12.7. The Morgan fingerprint density at radius 1 is 1.29 bits per heavy atom. The van der Waals surface area contributed by atoms with Gasteiger partial charge in [0.2, 0.25) is 0 Å². The van der Waals surface area contributed by atoms with Crippen LogP contribution in [-0.4, -0.2) is 16.1 Å². The Morgan fingerprint density at radius 2 is 2.00 bits per heavy atom. The fourth-order valence-corrected chi connectivity index (χ4v) is 3.36. The molecule has 0 saturated heterocycles. The van der Waals surface area contributed by atoms with Crippen molar-refractivity contribution in [3.8, 4) is 0 Å². The minimum absolute atomic E-state index is 0.113. The van der Waals surface area contributed by atoms with Crippen LogP contribution in [0, 0.1) is 5.92 Å². The Labute approximate surface area is 95.1 Å². The summed E-state index contributed by atoms with van der Waals surface area (Å²) >= 11 is 3.64. The SMILES string of the molecule is FC(F)(F)SCCC1CCCC(Br)C1. The van der Waals surface area contributed by atoms with Gasteiger partial charge in [0.15, 0.2) is 0 Å². The van der Waals surface area contributed by atoms with Crippen LogP contribution in [0.4, 0.5) is 13.2 Å². The minimum Gasteiger partial charge on any atom is -0.160 e. The zero-order chi connectivity index (χ0) is 10.6. The molecule has 0 amide bonds. The lowest BCUT2D eigenvalue weighted by atomic mass is 9.87. The molecule has 0 heterocycles. The molecule has 0 aromatic heterocycles. The van der Waals surface area contributed by atoms with Gasteiger partial charge in [-0.25, -0.2) is 0 Å². The summed E-state index contributed by atoms with van der Waals surface area (Å²) in [6.45, 7) is 0. The third-order valence-electron chi connectivity index (χ3n) is 2.51. The van der Waals surface area contributed by atoms with E-state index in [1.54, 1.807) is 0 Å². The number of halogens is 4. The van der Waals surface area contributed by atoms with Gasteiger partial charge in [-0.05, 0) is 25.2 Å². The zero-order valence-electron chi connectivity index (χ0n) is 7.82. The molecule has 0 aromatic carbocycles. The van der Waals surface area contributed by atoms with Gasteiger partial charge in [0.25, 0.3) is 0 Å². The van der Waals surface area contributed by atoms with Gasteiger partial charge in [-0.1, -0.05) is 40.5 Å². The molecule has 14 heavy (non-hydrogen) atoms. The predicted octanol–water partition coefficient (Wildman–Crippen LogP) is 4.58. The van der Waals surface area contributed by atoms with Crippen molar-refractivity contribution >= 4 is 27.7 Å². The van der Waals surface area contributed by atoms with E-state index in [0.717, 1.165) is 19.3 Å². The molecule has 0 aliphatic heterocycles. The number of thioether (sulfide) groups is 1. The van der Waals surface area contributed by atoms with Gasteiger partial charge in [-0.3, -0.25) is 0 Å². The highest BCUT2D eigenvalue weighted by Gasteiger charge is 2.28. The summed E-state index contributed by atoms with van der Waals surface area (Å²) in [6, 6.07) is 0. The fraction of sp³-hybridized carbons (Fsp3) is 1.00. The molecular formula is C9H14BrF3S. The lowest BCUT2D eigenvalue weighted by Gasteiger charge is -2.25. The molecule has 0 nitrogen and oxygen atoms in total. The third-order valence-corrected chi connectivity index (χ3v) is 4.11. The first-order valence-corrected chi connectivity index (χ1v) is 6.72. The van der Waals surface area contributed by atoms with Gasteiger partial charge in [-0.15, -0.1) is 0 Å². The van der Waals surface area contributed by atoms with Crippen LogP contribution >= 0.6 is 27.7 Å². The van der Waals surface area contributed by atoms with Crippen LogP contribution in [0.5, 0.6) is 0 Å². The molecule has 1 aliphatic carbocycles. The standard InChI is InChI=1S/C9H14BrF3S/c10-8-3-1-2-7(6-8)4-5-14-9(11,12)13/h7-8H,1-6H2. The highest BCUT2D eigenvalue weighted by molar-refractivity contribution is 9.09. The van der Waals surface area contributed by atoms with Gasteiger partial charge < -0.3 is 0 Å². The molecule has 0 N–H and O–H groups in total. The molecule has 1 rings (SSSR count). The Hall–Kier alpha value is 0.620. The van der Waals surface area contributed by atoms with Crippen LogP contribution in [-0.2, 0) is 0 Å². The smallest absolute Gasteiger partial charge is 0.160 e. The Kier molecular flexibility index (Phi) is 5.11. The van der Waals surface area contributed by atoms with Crippen LogP contribution in [0.2, 0.25) is 0 Å². The highest BCUT2D eigenvalue weighted by Crippen LogP contribution is 2.35. The summed E-state index contributed by atoms with van der Waals surface area (Å²) in [7, 11) is 0. The maximum absolute atomic E-state index is 11.8. The van der Waals surface area contributed by atoms with E-state index in [2.05, 4.69) is 15.9 Å². The molecule has 2 unspecified atom stereocenters. The molecule has 0 aromatic rings. The van der Waals surface area contributed by atoms with E-state index >= 15 is 0 Å². The van der Waals surface area contributed by atoms with E-state index in [9.17, 15) is 13.2 Å². The van der Waals surface area contributed by atoms with E-state index in [1.807, 2.05) is 0 Å². The van der Waals surface area contributed by atoms with Gasteiger partial charge >= 0.3 is 5.51 Å². The van der Waals surface area contributed by atoms with E-state index < -0.39 is 5.51 Å². The molecule has 0 spiro atoms. The molecule has 5 heteroatoms. The molecular weight excluding hydrogens is 277 g/mol. The zero-order valence-corrected chi connectivity index (χ0v) is 10.2. The molecule has 0 radical (unpaired) electrons. The van der Waals surface area contributed by atoms with Crippen molar-refractivity contribution in [3.63, 3.8) is 0 Å². The predicted molar refractivity (Wildman–Crippen MR) is 57.8 cm³/mol. The van der Waals surface area contributed by atoms with Gasteiger partial charge in [-0.2, -0.15) is 13.2 Å². The van der Waals surface area contributed by atoms with Crippen molar-refractivity contribution in [2.75, 3.05) is 5.75 Å². The van der Waals surface area contributed by atoms with Gasteiger partial charge in [0.1, 0.15) is 0 Å². The van der Waals surface area contributed by atoms with Crippen LogP contribution < -0.4 is 0 Å². The number of hydrogen-bond donors (Lipinski definition) is 0. The van der Waals surface area contributed by atoms with E-state index in [4.69, 9.17) is 0 Å². The summed E-state index contributed by atoms with van der Waals surface area (Å²) < 4.78 is 35.5. The molecule has 1 saturated carbocycles. The largest absolute Gasteiger partial charge is 0.441 e. The number of hydrogen-bond acceptors (Lipinski definition) is 1. The topological polar surface area (TPSA) is 0 Å². The van der Waals surface area contributed by atoms with Crippen molar-refractivity contribution < 1.29 is 13.2 Å². The Bertz CT molecular complexity index is 172. The Balaban J connectivity index is 2.12. The van der Waals surface area contributed by atoms with Crippen LogP contribution in [0.1, 0.15) is 32.1 Å². The lowest BCUT2D eigenvalue weighted by molar-refractivity contribution is -0.0328. The molecule has 1 fully saturated rings. The molecule has 2 atom stereocenters. The van der Waals surface area contributed by atoms with Crippen molar-refractivity contribution in [3.05, 3.63) is 0 Å². The Morgan fingerprint density at radius 3 is 2.57 bits per heavy atom. The molecule has 0 bridgehead atoms. The third kappa shape index (κ3) is 5.49. The van der Waals surface area contributed by atoms with E-state index in [1.165, 1.54) is 6.42 Å². The van der Waals surface area contributed by atoms with Crippen LogP contribution in [0.25, 0.3) is 0 Å². The summed E-state index contributed by atoms with van der Waals surface area (Å²) in [4.78, 5) is 0.525. The summed E-state index contributed by atoms with van der Waals surface area (Å²) in [5.41, 5.74) is -4.05. The van der Waals surface area contributed by atoms with Crippen LogP contribution in [0.3, 0.4) is 0 Å². The summed E-state index contributed by atoms with van der Waals surface area (Å²) in [5.74, 6) is 0.705. The first-order valence-electron chi connectivity index (χ1n) is 4.82. The first-order chi connectivity index (χ1) is 6.47. The minimum atomic E-state index is -4.05. The normalized spacial score (nSPS) is 29.1. The second-order valence-electron chi connectivity index (χ2n) is 3.71. The van der Waals surface area contributed by atoms with Gasteiger partial charge in [0, 0.05) is 10.6 Å². The van der Waals surface area contributed by atoms with Gasteiger partial charge in [0.05, 0.1) is 0 Å². The summed E-state index contributed by atoms with van der Waals surface area (Å²) in [6.07, 6.45) is 5.16. The van der Waals surface area contributed by atoms with Crippen LogP contribution in [0.15, 0.2) is 0 Å². The van der Waals surface area contributed by atoms with E-state index in [0.29, 0.717) is 17.2 Å². The average molecular weight is 291 g/mol. The van der Waals surface area contributed by atoms with Crippen molar-refractivity contribution in [2.24, 2.45) is 5.92 Å².